The Bertz CT molecular complexity index is 494. The maximum atomic E-state index is 10.9. The molecule has 0 heterocycles. The Morgan fingerprint density at radius 3 is 2.24 bits per heavy atom. The van der Waals surface area contributed by atoms with Gasteiger partial charge in [0.05, 0.1) is 15.9 Å². The zero-order chi connectivity index (χ0) is 15.1. The first-order valence-electron chi connectivity index (χ1n) is 6.38. The Balaban J connectivity index is 0.00000400. The summed E-state index contributed by atoms with van der Waals surface area (Å²) in [5.74, 6) is 0. The maximum Gasteiger partial charge on any atom is 0.299 e. The number of rotatable bonds is 8. The lowest BCUT2D eigenvalue weighted by Crippen LogP contribution is -3.00. The fraction of sp³-hybridized carbons (Fsp3) is 0.500. The molecule has 8 nitrogen and oxygen atoms in total. The van der Waals surface area contributed by atoms with Gasteiger partial charge in [-0.3, -0.25) is 20.2 Å². The van der Waals surface area contributed by atoms with Crippen LogP contribution in [0.3, 0.4) is 0 Å². The molecule has 0 radical (unpaired) electrons. The Morgan fingerprint density at radius 1 is 1.14 bits per heavy atom. The van der Waals surface area contributed by atoms with Gasteiger partial charge in [-0.2, -0.15) is 0 Å². The van der Waals surface area contributed by atoms with Crippen molar-refractivity contribution in [2.45, 2.75) is 13.8 Å². The van der Waals surface area contributed by atoms with E-state index >= 15 is 0 Å². The molecule has 1 N–H and O–H groups in total. The van der Waals surface area contributed by atoms with Gasteiger partial charge < -0.3 is 22.6 Å². The summed E-state index contributed by atoms with van der Waals surface area (Å²) in [4.78, 5) is 22.5. The summed E-state index contributed by atoms with van der Waals surface area (Å²) in [6, 6.07) is 3.60. The lowest BCUT2D eigenvalue weighted by atomic mass is 10.2. The first-order chi connectivity index (χ1) is 9.49. The molecular formula is C12H18ClN4O4-. The minimum Gasteiger partial charge on any atom is -1.00 e. The summed E-state index contributed by atoms with van der Waals surface area (Å²) in [6.45, 7) is 7.18. The molecular weight excluding hydrogens is 300 g/mol. The minimum absolute atomic E-state index is 0. The summed E-state index contributed by atoms with van der Waals surface area (Å²) >= 11 is 0. The van der Waals surface area contributed by atoms with Crippen molar-refractivity contribution in [2.75, 3.05) is 31.5 Å². The number of benzene rings is 1. The summed E-state index contributed by atoms with van der Waals surface area (Å²) in [7, 11) is 0. The number of halogens is 1. The highest BCUT2D eigenvalue weighted by atomic mass is 35.5. The molecule has 0 unspecified atom stereocenters. The van der Waals surface area contributed by atoms with Crippen LogP contribution in [0.25, 0.3) is 0 Å². The van der Waals surface area contributed by atoms with E-state index in [1.165, 1.54) is 12.1 Å². The highest BCUT2D eigenvalue weighted by molar-refractivity contribution is 5.65. The predicted octanol–water partition coefficient (Wildman–Crippen LogP) is -0.739. The quantitative estimate of drug-likeness (QED) is 0.500. The molecule has 1 rings (SSSR count). The van der Waals surface area contributed by atoms with Crippen molar-refractivity contribution in [3.8, 4) is 0 Å². The predicted molar refractivity (Wildman–Crippen MR) is 76.0 cm³/mol. The van der Waals surface area contributed by atoms with Crippen molar-refractivity contribution in [3.05, 3.63) is 38.4 Å². The molecule has 0 aliphatic rings. The summed E-state index contributed by atoms with van der Waals surface area (Å²) < 4.78 is 0. The van der Waals surface area contributed by atoms with Gasteiger partial charge in [-0.15, -0.1) is 0 Å². The van der Waals surface area contributed by atoms with Crippen LogP contribution in [-0.2, 0) is 0 Å². The number of nitro benzene ring substituents is 2. The third-order valence-corrected chi connectivity index (χ3v) is 3.03. The average Bonchev–Trinajstić information content (AvgIpc) is 2.43. The smallest absolute Gasteiger partial charge is 0.299 e. The molecule has 1 aromatic rings. The van der Waals surface area contributed by atoms with Crippen LogP contribution in [0.2, 0.25) is 0 Å². The second-order valence-corrected chi connectivity index (χ2v) is 4.17. The molecule has 0 aromatic heterocycles. The summed E-state index contributed by atoms with van der Waals surface area (Å²) in [6.07, 6.45) is 0. The third kappa shape index (κ3) is 5.52. The van der Waals surface area contributed by atoms with Gasteiger partial charge in [0.25, 0.3) is 11.4 Å². The van der Waals surface area contributed by atoms with Crippen LogP contribution < -0.4 is 17.7 Å². The average molecular weight is 318 g/mol. The number of non-ortho nitro benzene ring substituents is 1. The van der Waals surface area contributed by atoms with Crippen LogP contribution in [0.4, 0.5) is 17.1 Å². The first-order valence-corrected chi connectivity index (χ1v) is 6.38. The molecule has 0 aliphatic heterocycles. The highest BCUT2D eigenvalue weighted by Crippen LogP contribution is 2.28. The summed E-state index contributed by atoms with van der Waals surface area (Å²) in [5, 5.41) is 24.5. The van der Waals surface area contributed by atoms with E-state index in [9.17, 15) is 20.2 Å². The normalized spacial score (nSPS) is 10.0. The molecule has 0 saturated heterocycles. The summed E-state index contributed by atoms with van der Waals surface area (Å²) in [5.41, 5.74) is -0.266. The fourth-order valence-electron chi connectivity index (χ4n) is 1.82. The number of hydrogen-bond acceptors (Lipinski definition) is 6. The van der Waals surface area contributed by atoms with Crippen molar-refractivity contribution >= 4 is 17.1 Å². The Kier molecular flexibility index (Phi) is 8.25. The number of anilines is 1. The van der Waals surface area contributed by atoms with E-state index in [1.54, 1.807) is 0 Å². The van der Waals surface area contributed by atoms with Crippen LogP contribution in [-0.4, -0.2) is 40.9 Å². The van der Waals surface area contributed by atoms with Crippen molar-refractivity contribution < 1.29 is 22.3 Å². The number of nitrogens with zero attached hydrogens (tertiary/aromatic N) is 3. The molecule has 0 aliphatic carbocycles. The zero-order valence-electron chi connectivity index (χ0n) is 11.9. The van der Waals surface area contributed by atoms with Crippen LogP contribution in [0.15, 0.2) is 18.2 Å². The number of nitrogens with one attached hydrogen (secondary N) is 1. The topological polar surface area (TPSA) is 102 Å². The van der Waals surface area contributed by atoms with Gasteiger partial charge >= 0.3 is 0 Å². The number of hydrogen-bond donors (Lipinski definition) is 1. The largest absolute Gasteiger partial charge is 1.00 e. The van der Waals surface area contributed by atoms with E-state index in [0.717, 1.165) is 25.7 Å². The Morgan fingerprint density at radius 2 is 1.76 bits per heavy atom. The van der Waals surface area contributed by atoms with Gasteiger partial charge in [-0.25, -0.2) is 0 Å². The molecule has 0 spiro atoms. The van der Waals surface area contributed by atoms with Crippen molar-refractivity contribution in [2.24, 2.45) is 0 Å². The zero-order valence-corrected chi connectivity index (χ0v) is 12.7. The molecule has 0 amide bonds. The third-order valence-electron chi connectivity index (χ3n) is 3.03. The lowest BCUT2D eigenvalue weighted by molar-refractivity contribution is -0.393. The van der Waals surface area contributed by atoms with Gasteiger partial charge in [0, 0.05) is 19.2 Å². The van der Waals surface area contributed by atoms with Gasteiger partial charge in [-0.1, -0.05) is 13.8 Å². The molecule has 118 valence electrons. The second-order valence-electron chi connectivity index (χ2n) is 4.17. The van der Waals surface area contributed by atoms with Crippen LogP contribution >= 0.6 is 0 Å². The molecule has 21 heavy (non-hydrogen) atoms. The highest BCUT2D eigenvalue weighted by Gasteiger charge is 2.19. The first kappa shape index (κ1) is 19.1. The van der Waals surface area contributed by atoms with E-state index in [0.29, 0.717) is 12.2 Å². The lowest BCUT2D eigenvalue weighted by Gasteiger charge is -2.18. The van der Waals surface area contributed by atoms with E-state index in [1.807, 2.05) is 13.8 Å². The van der Waals surface area contributed by atoms with Crippen molar-refractivity contribution in [1.82, 2.24) is 4.90 Å². The molecule has 9 heteroatoms. The second kappa shape index (κ2) is 9.09. The van der Waals surface area contributed by atoms with Crippen LogP contribution in [0.5, 0.6) is 0 Å². The molecule has 0 fully saturated rings. The monoisotopic (exact) mass is 317 g/mol. The van der Waals surface area contributed by atoms with Crippen molar-refractivity contribution in [1.29, 1.82) is 0 Å². The van der Waals surface area contributed by atoms with E-state index in [-0.39, 0.29) is 23.8 Å². The van der Waals surface area contributed by atoms with E-state index in [2.05, 4.69) is 10.2 Å². The van der Waals surface area contributed by atoms with Gasteiger partial charge in [-0.05, 0) is 19.2 Å². The standard InChI is InChI=1S/C12H18N4O4.ClH/c1-3-14(4-2)8-7-13-11-6-5-10(15(17)18)9-12(11)16(19)20;/h5-6,9,13H,3-4,7-8H2,1-2H3;1H/p-1. The minimum atomic E-state index is -0.646. The number of likely N-dealkylation sites (N-methyl/N-ethyl adjacent to an activating group) is 1. The van der Waals surface area contributed by atoms with E-state index < -0.39 is 9.85 Å². The van der Waals surface area contributed by atoms with Crippen LogP contribution in [0, 0.1) is 20.2 Å². The molecule has 0 saturated carbocycles. The van der Waals surface area contributed by atoms with Gasteiger partial charge in [0.1, 0.15) is 5.69 Å². The van der Waals surface area contributed by atoms with Crippen molar-refractivity contribution in [3.63, 3.8) is 0 Å². The Labute approximate surface area is 128 Å². The molecule has 1 aromatic carbocycles. The fourth-order valence-corrected chi connectivity index (χ4v) is 1.82. The van der Waals surface area contributed by atoms with Crippen LogP contribution in [0.1, 0.15) is 13.8 Å². The SMILES string of the molecule is CCN(CC)CCNc1ccc([N+](=O)[O-])cc1[N+](=O)[O-].[Cl-]. The molecule has 0 atom stereocenters. The maximum absolute atomic E-state index is 10.9. The van der Waals surface area contributed by atoms with Gasteiger partial charge in [0.15, 0.2) is 0 Å². The van der Waals surface area contributed by atoms with Gasteiger partial charge in [0.2, 0.25) is 0 Å². The number of nitro groups is 2. The van der Waals surface area contributed by atoms with E-state index in [4.69, 9.17) is 0 Å². The molecule has 0 bridgehead atoms. The Hall–Kier alpha value is -1.93.